The molecule has 0 saturated heterocycles. The highest BCUT2D eigenvalue weighted by Crippen LogP contribution is 2.24. The highest BCUT2D eigenvalue weighted by Gasteiger charge is 2.23. The van der Waals surface area contributed by atoms with Crippen LogP contribution >= 0.6 is 0 Å². The SMILES string of the molecule is CC1CCCC1NCC(O)Cn1cccn1. The summed E-state index contributed by atoms with van der Waals surface area (Å²) in [5.74, 6) is 0.747. The number of aliphatic hydroxyl groups excluding tert-OH is 1. The zero-order valence-corrected chi connectivity index (χ0v) is 9.84. The molecule has 1 fully saturated rings. The summed E-state index contributed by atoms with van der Waals surface area (Å²) < 4.78 is 1.77. The first-order chi connectivity index (χ1) is 7.75. The predicted octanol–water partition coefficient (Wildman–Crippen LogP) is 1.02. The number of rotatable bonds is 5. The molecule has 0 radical (unpaired) electrons. The Labute approximate surface area is 96.7 Å². The van der Waals surface area contributed by atoms with Crippen molar-refractivity contribution in [2.75, 3.05) is 6.54 Å². The quantitative estimate of drug-likeness (QED) is 0.783. The minimum absolute atomic E-state index is 0.354. The van der Waals surface area contributed by atoms with Crippen molar-refractivity contribution in [2.45, 2.75) is 44.9 Å². The van der Waals surface area contributed by atoms with Crippen molar-refractivity contribution in [1.29, 1.82) is 0 Å². The Kier molecular flexibility index (Phi) is 3.96. The van der Waals surface area contributed by atoms with Gasteiger partial charge in [0.15, 0.2) is 0 Å². The van der Waals surface area contributed by atoms with E-state index in [1.165, 1.54) is 19.3 Å². The molecule has 4 heteroatoms. The van der Waals surface area contributed by atoms with Crippen molar-refractivity contribution in [2.24, 2.45) is 5.92 Å². The van der Waals surface area contributed by atoms with Crippen molar-refractivity contribution in [3.8, 4) is 0 Å². The molecule has 1 aromatic rings. The van der Waals surface area contributed by atoms with Crippen molar-refractivity contribution < 1.29 is 5.11 Å². The van der Waals surface area contributed by atoms with Crippen molar-refractivity contribution in [3.63, 3.8) is 0 Å². The van der Waals surface area contributed by atoms with E-state index in [2.05, 4.69) is 17.3 Å². The highest BCUT2D eigenvalue weighted by molar-refractivity contribution is 4.82. The number of hydrogen-bond acceptors (Lipinski definition) is 3. The van der Waals surface area contributed by atoms with Gasteiger partial charge >= 0.3 is 0 Å². The summed E-state index contributed by atoms with van der Waals surface area (Å²) in [7, 11) is 0. The molecule has 0 aliphatic heterocycles. The molecule has 4 nitrogen and oxygen atoms in total. The van der Waals surface area contributed by atoms with Crippen LogP contribution in [-0.4, -0.2) is 33.6 Å². The Morgan fingerprint density at radius 1 is 1.56 bits per heavy atom. The minimum Gasteiger partial charge on any atom is -0.390 e. The summed E-state index contributed by atoms with van der Waals surface area (Å²) in [5.41, 5.74) is 0. The lowest BCUT2D eigenvalue weighted by Crippen LogP contribution is -2.38. The summed E-state index contributed by atoms with van der Waals surface area (Å²) in [6, 6.07) is 2.46. The fourth-order valence-electron chi connectivity index (χ4n) is 2.43. The number of aromatic nitrogens is 2. The Hall–Kier alpha value is -0.870. The van der Waals surface area contributed by atoms with E-state index in [0.29, 0.717) is 19.1 Å². The zero-order chi connectivity index (χ0) is 11.4. The van der Waals surface area contributed by atoms with Gasteiger partial charge in [-0.1, -0.05) is 13.3 Å². The molecule has 1 heterocycles. The molecule has 0 bridgehead atoms. The minimum atomic E-state index is -0.354. The molecule has 3 unspecified atom stereocenters. The van der Waals surface area contributed by atoms with Crippen LogP contribution in [0.1, 0.15) is 26.2 Å². The molecule has 0 spiro atoms. The van der Waals surface area contributed by atoms with Crippen molar-refractivity contribution in [3.05, 3.63) is 18.5 Å². The molecule has 90 valence electrons. The van der Waals surface area contributed by atoms with Gasteiger partial charge < -0.3 is 10.4 Å². The van der Waals surface area contributed by atoms with Crippen LogP contribution in [-0.2, 0) is 6.54 Å². The topological polar surface area (TPSA) is 50.1 Å². The van der Waals surface area contributed by atoms with Gasteiger partial charge in [-0.15, -0.1) is 0 Å². The number of nitrogens with zero attached hydrogens (tertiary/aromatic N) is 2. The first-order valence-electron chi connectivity index (χ1n) is 6.14. The smallest absolute Gasteiger partial charge is 0.0860 e. The van der Waals surface area contributed by atoms with Crippen LogP contribution in [0, 0.1) is 5.92 Å². The Bertz CT molecular complexity index is 299. The summed E-state index contributed by atoms with van der Waals surface area (Å²) in [5, 5.41) is 17.4. The number of aliphatic hydroxyl groups is 1. The lowest BCUT2D eigenvalue weighted by molar-refractivity contribution is 0.140. The van der Waals surface area contributed by atoms with Crippen molar-refractivity contribution >= 4 is 0 Å². The second-order valence-corrected chi connectivity index (χ2v) is 4.80. The molecular weight excluding hydrogens is 202 g/mol. The normalized spacial score (nSPS) is 27.1. The summed E-state index contributed by atoms with van der Waals surface area (Å²) in [6.45, 7) is 3.51. The van der Waals surface area contributed by atoms with Gasteiger partial charge in [-0.25, -0.2) is 0 Å². The van der Waals surface area contributed by atoms with Crippen LogP contribution < -0.4 is 5.32 Å². The van der Waals surface area contributed by atoms with Crippen LogP contribution in [0.15, 0.2) is 18.5 Å². The van der Waals surface area contributed by atoms with Gasteiger partial charge in [0.25, 0.3) is 0 Å². The fourth-order valence-corrected chi connectivity index (χ4v) is 2.43. The average molecular weight is 223 g/mol. The fraction of sp³-hybridized carbons (Fsp3) is 0.750. The largest absolute Gasteiger partial charge is 0.390 e. The van der Waals surface area contributed by atoms with E-state index >= 15 is 0 Å². The van der Waals surface area contributed by atoms with E-state index < -0.39 is 0 Å². The Balaban J connectivity index is 1.69. The van der Waals surface area contributed by atoms with Gasteiger partial charge in [-0.2, -0.15) is 5.10 Å². The second kappa shape index (κ2) is 5.46. The maximum absolute atomic E-state index is 9.84. The maximum atomic E-state index is 9.84. The number of hydrogen-bond donors (Lipinski definition) is 2. The molecule has 1 aromatic heterocycles. The Morgan fingerprint density at radius 3 is 3.06 bits per heavy atom. The first kappa shape index (κ1) is 11.6. The molecule has 2 rings (SSSR count). The molecule has 0 aromatic carbocycles. The highest BCUT2D eigenvalue weighted by atomic mass is 16.3. The van der Waals surface area contributed by atoms with Gasteiger partial charge in [0.1, 0.15) is 0 Å². The third kappa shape index (κ3) is 3.06. The molecule has 3 atom stereocenters. The summed E-state index contributed by atoms with van der Waals surface area (Å²) in [4.78, 5) is 0. The van der Waals surface area contributed by atoms with Crippen LogP contribution in [0.3, 0.4) is 0 Å². The standard InChI is InChI=1S/C12H21N3O/c1-10-4-2-5-12(10)13-8-11(16)9-15-7-3-6-14-15/h3,6-7,10-13,16H,2,4-5,8-9H2,1H3. The maximum Gasteiger partial charge on any atom is 0.0860 e. The van der Waals surface area contributed by atoms with E-state index in [1.54, 1.807) is 10.9 Å². The van der Waals surface area contributed by atoms with Crippen LogP contribution in [0.5, 0.6) is 0 Å². The van der Waals surface area contributed by atoms with E-state index in [-0.39, 0.29) is 6.10 Å². The Morgan fingerprint density at radius 2 is 2.44 bits per heavy atom. The zero-order valence-electron chi connectivity index (χ0n) is 9.84. The predicted molar refractivity (Wildman–Crippen MR) is 63.0 cm³/mol. The van der Waals surface area contributed by atoms with Gasteiger partial charge in [0, 0.05) is 25.0 Å². The van der Waals surface area contributed by atoms with Gasteiger partial charge in [0.2, 0.25) is 0 Å². The molecule has 0 amide bonds. The second-order valence-electron chi connectivity index (χ2n) is 4.80. The first-order valence-corrected chi connectivity index (χ1v) is 6.14. The van der Waals surface area contributed by atoms with Gasteiger partial charge in [-0.3, -0.25) is 4.68 Å². The summed E-state index contributed by atoms with van der Waals surface area (Å²) in [6.07, 6.45) is 7.13. The van der Waals surface area contributed by atoms with E-state index in [1.807, 2.05) is 12.3 Å². The molecule has 2 N–H and O–H groups in total. The average Bonchev–Trinajstić information content (AvgIpc) is 2.87. The molecule has 1 saturated carbocycles. The van der Waals surface area contributed by atoms with Crippen LogP contribution in [0.25, 0.3) is 0 Å². The monoisotopic (exact) mass is 223 g/mol. The van der Waals surface area contributed by atoms with E-state index in [0.717, 1.165) is 5.92 Å². The molecule has 16 heavy (non-hydrogen) atoms. The van der Waals surface area contributed by atoms with E-state index in [9.17, 15) is 5.11 Å². The van der Waals surface area contributed by atoms with E-state index in [4.69, 9.17) is 0 Å². The molecule has 1 aliphatic rings. The molecule has 1 aliphatic carbocycles. The van der Waals surface area contributed by atoms with Crippen LogP contribution in [0.4, 0.5) is 0 Å². The third-order valence-electron chi connectivity index (χ3n) is 3.43. The molecular formula is C12H21N3O. The summed E-state index contributed by atoms with van der Waals surface area (Å²) >= 11 is 0. The lowest BCUT2D eigenvalue weighted by Gasteiger charge is -2.19. The van der Waals surface area contributed by atoms with Crippen molar-refractivity contribution in [1.82, 2.24) is 15.1 Å². The van der Waals surface area contributed by atoms with Crippen LogP contribution in [0.2, 0.25) is 0 Å². The number of nitrogens with one attached hydrogen (secondary N) is 1. The van der Waals surface area contributed by atoms with Gasteiger partial charge in [-0.05, 0) is 24.8 Å². The van der Waals surface area contributed by atoms with Gasteiger partial charge in [0.05, 0.1) is 12.6 Å². The lowest BCUT2D eigenvalue weighted by atomic mass is 10.1. The third-order valence-corrected chi connectivity index (χ3v) is 3.43.